The summed E-state index contributed by atoms with van der Waals surface area (Å²) in [5.41, 5.74) is 4.81. The predicted octanol–water partition coefficient (Wildman–Crippen LogP) is 0.800. The van der Waals surface area contributed by atoms with Crippen LogP contribution in [0, 0.1) is 26.9 Å². The van der Waals surface area contributed by atoms with Crippen molar-refractivity contribution in [2.24, 2.45) is 16.3 Å². The van der Waals surface area contributed by atoms with Crippen molar-refractivity contribution >= 4 is 17.3 Å². The normalized spacial score (nSPS) is 16.2. The molecule has 1 saturated carbocycles. The van der Waals surface area contributed by atoms with E-state index in [4.69, 9.17) is 16.2 Å². The Morgan fingerprint density at radius 2 is 2.40 bits per heavy atom. The smallest absolute Gasteiger partial charge is 0.311 e. The molecule has 0 atom stereocenters. The molecular formula is C11H12N6O3. The van der Waals surface area contributed by atoms with Gasteiger partial charge in [0.15, 0.2) is 5.84 Å². The van der Waals surface area contributed by atoms with Crippen LogP contribution in [0.5, 0.6) is 0 Å². The van der Waals surface area contributed by atoms with E-state index >= 15 is 0 Å². The molecular weight excluding hydrogens is 264 g/mol. The lowest BCUT2D eigenvalue weighted by Crippen LogP contribution is -2.19. The van der Waals surface area contributed by atoms with Gasteiger partial charge in [0.25, 0.3) is 0 Å². The first-order chi connectivity index (χ1) is 9.51. The third-order valence-corrected chi connectivity index (χ3v) is 3.13. The zero-order valence-electron chi connectivity index (χ0n) is 10.4. The van der Waals surface area contributed by atoms with Crippen molar-refractivity contribution in [1.29, 1.82) is 5.26 Å². The number of nitriles is 1. The van der Waals surface area contributed by atoms with Crippen LogP contribution in [-0.4, -0.2) is 27.5 Å². The highest BCUT2D eigenvalue weighted by Gasteiger charge is 2.43. The summed E-state index contributed by atoms with van der Waals surface area (Å²) in [4.78, 5) is 14.3. The maximum absolute atomic E-state index is 10.9. The molecule has 4 N–H and O–H groups in total. The van der Waals surface area contributed by atoms with E-state index in [0.717, 1.165) is 12.8 Å². The van der Waals surface area contributed by atoms with E-state index in [-0.39, 0.29) is 29.6 Å². The van der Waals surface area contributed by atoms with E-state index < -0.39 is 10.3 Å². The number of oxime groups is 1. The fourth-order valence-electron chi connectivity index (χ4n) is 1.66. The van der Waals surface area contributed by atoms with E-state index in [0.29, 0.717) is 0 Å². The van der Waals surface area contributed by atoms with Gasteiger partial charge in [-0.15, -0.1) is 0 Å². The third-order valence-electron chi connectivity index (χ3n) is 3.13. The molecule has 0 radical (unpaired) electrons. The van der Waals surface area contributed by atoms with Gasteiger partial charge in [-0.05, 0) is 18.9 Å². The first kappa shape index (κ1) is 13.5. The summed E-state index contributed by atoms with van der Waals surface area (Å²) in [7, 11) is 0. The van der Waals surface area contributed by atoms with Gasteiger partial charge >= 0.3 is 5.69 Å². The Labute approximate surface area is 113 Å². The lowest BCUT2D eigenvalue weighted by atomic mass is 10.1. The fraction of sp³-hybridized carbons (Fsp3) is 0.364. The number of nitrogens with one attached hydrogen (secondary N) is 1. The van der Waals surface area contributed by atoms with Crippen LogP contribution in [0.25, 0.3) is 0 Å². The molecule has 0 aromatic carbocycles. The molecule has 9 heteroatoms. The van der Waals surface area contributed by atoms with Crippen molar-refractivity contribution < 1.29 is 10.1 Å². The van der Waals surface area contributed by atoms with Crippen molar-refractivity contribution in [1.82, 2.24) is 4.98 Å². The Bertz CT molecular complexity index is 617. The second-order valence-electron chi connectivity index (χ2n) is 4.55. The van der Waals surface area contributed by atoms with E-state index in [1.54, 1.807) is 0 Å². The minimum absolute atomic E-state index is 0.000579. The maximum Gasteiger partial charge on any atom is 0.311 e. The van der Waals surface area contributed by atoms with Gasteiger partial charge in [-0.2, -0.15) is 5.26 Å². The maximum atomic E-state index is 10.9. The largest absolute Gasteiger partial charge is 0.409 e. The summed E-state index contributed by atoms with van der Waals surface area (Å²) >= 11 is 0. The van der Waals surface area contributed by atoms with Gasteiger partial charge in [0.2, 0.25) is 5.82 Å². The number of aromatic nitrogens is 1. The average molecular weight is 276 g/mol. The van der Waals surface area contributed by atoms with Gasteiger partial charge in [0, 0.05) is 12.6 Å². The van der Waals surface area contributed by atoms with Crippen molar-refractivity contribution in [3.63, 3.8) is 0 Å². The number of pyridine rings is 1. The van der Waals surface area contributed by atoms with Crippen LogP contribution in [0.2, 0.25) is 0 Å². The Hall–Kier alpha value is -2.89. The van der Waals surface area contributed by atoms with Gasteiger partial charge in [-0.1, -0.05) is 5.16 Å². The van der Waals surface area contributed by atoms with Gasteiger partial charge in [0.05, 0.1) is 16.4 Å². The van der Waals surface area contributed by atoms with Crippen LogP contribution >= 0.6 is 0 Å². The van der Waals surface area contributed by atoms with Crippen LogP contribution in [0.4, 0.5) is 11.5 Å². The standard InChI is InChI=1S/C11H12N6O3/c12-5-11(3-4-11)6-14-10-8(17(19)20)2-1-7(15-10)9(13)16-18/h1-2,18H,3-4,6H2,(H2,13,16)(H,14,15). The lowest BCUT2D eigenvalue weighted by Gasteiger charge is -2.10. The first-order valence-electron chi connectivity index (χ1n) is 5.80. The Kier molecular flexibility index (Phi) is 3.39. The zero-order valence-corrected chi connectivity index (χ0v) is 10.4. The topological polar surface area (TPSA) is 150 Å². The van der Waals surface area contributed by atoms with Crippen LogP contribution in [0.15, 0.2) is 17.3 Å². The molecule has 0 unspecified atom stereocenters. The Morgan fingerprint density at radius 1 is 1.70 bits per heavy atom. The molecule has 2 rings (SSSR count). The molecule has 0 saturated heterocycles. The lowest BCUT2D eigenvalue weighted by molar-refractivity contribution is -0.384. The number of nitro groups is 1. The average Bonchev–Trinajstić information content (AvgIpc) is 3.24. The third kappa shape index (κ3) is 2.59. The number of rotatable bonds is 5. The highest BCUT2D eigenvalue weighted by atomic mass is 16.6. The van der Waals surface area contributed by atoms with Gasteiger partial charge < -0.3 is 16.3 Å². The molecule has 0 bridgehead atoms. The molecule has 0 aliphatic heterocycles. The first-order valence-corrected chi connectivity index (χ1v) is 5.80. The molecule has 1 aromatic rings. The summed E-state index contributed by atoms with van der Waals surface area (Å²) in [5, 5.41) is 34.1. The van der Waals surface area contributed by atoms with Crippen LogP contribution in [-0.2, 0) is 0 Å². The van der Waals surface area contributed by atoms with Crippen LogP contribution in [0.3, 0.4) is 0 Å². The number of nitrogens with zero attached hydrogens (tertiary/aromatic N) is 4. The van der Waals surface area contributed by atoms with E-state index in [1.807, 2.05) is 0 Å². The van der Waals surface area contributed by atoms with E-state index in [2.05, 4.69) is 21.5 Å². The molecule has 1 heterocycles. The molecule has 1 aliphatic rings. The molecule has 0 amide bonds. The van der Waals surface area contributed by atoms with Gasteiger partial charge in [-0.3, -0.25) is 10.1 Å². The van der Waals surface area contributed by atoms with Gasteiger partial charge in [0.1, 0.15) is 5.69 Å². The second kappa shape index (κ2) is 5.00. The van der Waals surface area contributed by atoms with Crippen LogP contribution in [0.1, 0.15) is 18.5 Å². The minimum atomic E-state index is -0.586. The van der Waals surface area contributed by atoms with E-state index in [1.165, 1.54) is 12.1 Å². The Morgan fingerprint density at radius 3 is 2.90 bits per heavy atom. The quantitative estimate of drug-likeness (QED) is 0.236. The SMILES string of the molecule is N#CC1(CNc2nc(C(N)=NO)ccc2[N+](=O)[O-])CC1. The number of hydrogen-bond acceptors (Lipinski definition) is 7. The number of nitrogens with two attached hydrogens (primary N) is 1. The highest BCUT2D eigenvalue weighted by molar-refractivity contribution is 5.95. The molecule has 1 aromatic heterocycles. The number of anilines is 1. The fourth-order valence-corrected chi connectivity index (χ4v) is 1.66. The van der Waals surface area contributed by atoms with Crippen LogP contribution < -0.4 is 11.1 Å². The zero-order chi connectivity index (χ0) is 14.8. The van der Waals surface area contributed by atoms with Crippen molar-refractivity contribution in [2.45, 2.75) is 12.8 Å². The monoisotopic (exact) mass is 276 g/mol. The summed E-state index contributed by atoms with van der Waals surface area (Å²) in [6.45, 7) is 0.275. The predicted molar refractivity (Wildman–Crippen MR) is 69.2 cm³/mol. The molecule has 9 nitrogen and oxygen atoms in total. The van der Waals surface area contributed by atoms with Crippen molar-refractivity contribution in [2.75, 3.05) is 11.9 Å². The van der Waals surface area contributed by atoms with Crippen molar-refractivity contribution in [3.05, 3.63) is 27.9 Å². The van der Waals surface area contributed by atoms with E-state index in [9.17, 15) is 10.1 Å². The highest BCUT2D eigenvalue weighted by Crippen LogP contribution is 2.45. The number of hydrogen-bond donors (Lipinski definition) is 3. The summed E-state index contributed by atoms with van der Waals surface area (Å²) in [6.07, 6.45) is 1.51. The molecule has 20 heavy (non-hydrogen) atoms. The molecule has 1 fully saturated rings. The molecule has 1 aliphatic carbocycles. The summed E-state index contributed by atoms with van der Waals surface area (Å²) in [6, 6.07) is 4.68. The summed E-state index contributed by atoms with van der Waals surface area (Å²) < 4.78 is 0. The number of amidine groups is 1. The van der Waals surface area contributed by atoms with Crippen molar-refractivity contribution in [3.8, 4) is 6.07 Å². The van der Waals surface area contributed by atoms with Gasteiger partial charge in [-0.25, -0.2) is 4.98 Å². The molecule has 0 spiro atoms. The second-order valence-corrected chi connectivity index (χ2v) is 4.55. The Balaban J connectivity index is 2.28. The summed E-state index contributed by atoms with van der Waals surface area (Å²) in [5.74, 6) is -0.245. The molecule has 104 valence electrons. The minimum Gasteiger partial charge on any atom is -0.409 e.